The van der Waals surface area contributed by atoms with Gasteiger partial charge in [-0.3, -0.25) is 13.9 Å². The average Bonchev–Trinajstić information content (AvgIpc) is 2.80. The van der Waals surface area contributed by atoms with Crippen LogP contribution in [0.4, 0.5) is 17.1 Å². The SMILES string of the molecule is CC1Sc2ccc(C(=O)Nc3ccc(S(=O)(=O)N(C)c4ccccc4)cc3)cc2NC1=O. The summed E-state index contributed by atoms with van der Waals surface area (Å²) in [5.74, 6) is -0.458. The third kappa shape index (κ3) is 4.35. The first-order valence-corrected chi connectivity index (χ1v) is 12.1. The summed E-state index contributed by atoms with van der Waals surface area (Å²) in [4.78, 5) is 25.6. The largest absolute Gasteiger partial charge is 0.324 e. The number of carbonyl (C=O) groups is 2. The fourth-order valence-corrected chi connectivity index (χ4v) is 5.32. The van der Waals surface area contributed by atoms with Gasteiger partial charge in [0.15, 0.2) is 0 Å². The van der Waals surface area contributed by atoms with Gasteiger partial charge in [-0.1, -0.05) is 18.2 Å². The molecular formula is C23H21N3O4S2. The number of fused-ring (bicyclic) bond motifs is 1. The van der Waals surface area contributed by atoms with Crippen LogP contribution >= 0.6 is 11.8 Å². The minimum absolute atomic E-state index is 0.0997. The van der Waals surface area contributed by atoms with Gasteiger partial charge in [0, 0.05) is 23.2 Å². The van der Waals surface area contributed by atoms with Crippen LogP contribution in [0.15, 0.2) is 82.6 Å². The fraction of sp³-hybridized carbons (Fsp3) is 0.130. The van der Waals surface area contributed by atoms with Crippen LogP contribution in [0.25, 0.3) is 0 Å². The van der Waals surface area contributed by atoms with Crippen molar-refractivity contribution in [1.82, 2.24) is 0 Å². The smallest absolute Gasteiger partial charge is 0.264 e. The molecule has 0 aliphatic carbocycles. The number of thioether (sulfide) groups is 1. The number of anilines is 3. The van der Waals surface area contributed by atoms with Crippen molar-refractivity contribution in [3.63, 3.8) is 0 Å². The molecule has 0 radical (unpaired) electrons. The topological polar surface area (TPSA) is 95.6 Å². The Labute approximate surface area is 190 Å². The summed E-state index contributed by atoms with van der Waals surface area (Å²) in [6, 6.07) is 19.9. The van der Waals surface area contributed by atoms with Gasteiger partial charge < -0.3 is 10.6 Å². The molecule has 32 heavy (non-hydrogen) atoms. The molecule has 0 bridgehead atoms. The van der Waals surface area contributed by atoms with Crippen molar-refractivity contribution in [2.45, 2.75) is 22.0 Å². The third-order valence-electron chi connectivity index (χ3n) is 5.06. The van der Waals surface area contributed by atoms with Gasteiger partial charge in [0.1, 0.15) is 0 Å². The summed E-state index contributed by atoms with van der Waals surface area (Å²) in [7, 11) is -2.24. The molecule has 1 heterocycles. The van der Waals surface area contributed by atoms with E-state index in [1.807, 2.05) is 13.0 Å². The molecule has 1 atom stereocenters. The van der Waals surface area contributed by atoms with Gasteiger partial charge in [-0.05, 0) is 61.5 Å². The van der Waals surface area contributed by atoms with Gasteiger partial charge in [-0.15, -0.1) is 11.8 Å². The summed E-state index contributed by atoms with van der Waals surface area (Å²) in [6.45, 7) is 1.82. The van der Waals surface area contributed by atoms with E-state index in [0.29, 0.717) is 22.6 Å². The molecule has 2 amide bonds. The molecule has 7 nitrogen and oxygen atoms in total. The second-order valence-electron chi connectivity index (χ2n) is 7.25. The summed E-state index contributed by atoms with van der Waals surface area (Å²) < 4.78 is 27.0. The zero-order valence-corrected chi connectivity index (χ0v) is 19.0. The van der Waals surface area contributed by atoms with E-state index < -0.39 is 10.0 Å². The number of rotatable bonds is 5. The van der Waals surface area contributed by atoms with E-state index in [1.165, 1.54) is 35.2 Å². The Morgan fingerprint density at radius 1 is 1.03 bits per heavy atom. The summed E-state index contributed by atoms with van der Waals surface area (Å²) in [6.07, 6.45) is 0. The van der Waals surface area contributed by atoms with Gasteiger partial charge in [-0.2, -0.15) is 0 Å². The Bertz CT molecular complexity index is 1280. The van der Waals surface area contributed by atoms with E-state index in [4.69, 9.17) is 0 Å². The molecule has 1 aliphatic heterocycles. The van der Waals surface area contributed by atoms with E-state index in [2.05, 4.69) is 10.6 Å². The van der Waals surface area contributed by atoms with Crippen molar-refractivity contribution in [2.24, 2.45) is 0 Å². The monoisotopic (exact) mass is 467 g/mol. The fourth-order valence-electron chi connectivity index (χ4n) is 3.20. The molecule has 9 heteroatoms. The zero-order valence-electron chi connectivity index (χ0n) is 17.4. The number of amides is 2. The van der Waals surface area contributed by atoms with Crippen LogP contribution in [0, 0.1) is 0 Å². The molecular weight excluding hydrogens is 446 g/mol. The van der Waals surface area contributed by atoms with E-state index in [-0.39, 0.29) is 22.0 Å². The van der Waals surface area contributed by atoms with Gasteiger partial charge >= 0.3 is 0 Å². The highest BCUT2D eigenvalue weighted by Crippen LogP contribution is 2.36. The number of sulfonamides is 1. The Morgan fingerprint density at radius 3 is 2.41 bits per heavy atom. The lowest BCUT2D eigenvalue weighted by Gasteiger charge is -2.21. The molecule has 1 aliphatic rings. The number of benzene rings is 3. The predicted octanol–water partition coefficient (Wildman–Crippen LogP) is 4.20. The molecule has 0 spiro atoms. The molecule has 4 rings (SSSR count). The van der Waals surface area contributed by atoms with Crippen LogP contribution in [-0.4, -0.2) is 32.5 Å². The van der Waals surface area contributed by atoms with Gasteiger partial charge in [0.2, 0.25) is 5.91 Å². The highest BCUT2D eigenvalue weighted by atomic mass is 32.2. The number of hydrogen-bond donors (Lipinski definition) is 2. The van der Waals surface area contributed by atoms with E-state index in [9.17, 15) is 18.0 Å². The third-order valence-corrected chi connectivity index (χ3v) is 8.04. The van der Waals surface area contributed by atoms with Gasteiger partial charge in [0.25, 0.3) is 15.9 Å². The summed E-state index contributed by atoms with van der Waals surface area (Å²) in [5.41, 5.74) is 2.01. The van der Waals surface area contributed by atoms with E-state index in [1.54, 1.807) is 54.6 Å². The minimum atomic E-state index is -3.73. The normalized spacial score (nSPS) is 15.4. The lowest BCUT2D eigenvalue weighted by atomic mass is 10.1. The summed E-state index contributed by atoms with van der Waals surface area (Å²) in [5, 5.41) is 5.38. The minimum Gasteiger partial charge on any atom is -0.324 e. The van der Waals surface area contributed by atoms with Gasteiger partial charge in [0.05, 0.1) is 21.5 Å². The van der Waals surface area contributed by atoms with Crippen molar-refractivity contribution < 1.29 is 18.0 Å². The molecule has 164 valence electrons. The van der Waals surface area contributed by atoms with Crippen molar-refractivity contribution in [2.75, 3.05) is 22.0 Å². The van der Waals surface area contributed by atoms with Crippen LogP contribution in [0.2, 0.25) is 0 Å². The van der Waals surface area contributed by atoms with Crippen molar-refractivity contribution >= 4 is 50.7 Å². The molecule has 0 aromatic heterocycles. The average molecular weight is 468 g/mol. The Kier molecular flexibility index (Phi) is 5.94. The Hall–Kier alpha value is -3.30. The first-order valence-electron chi connectivity index (χ1n) is 9.83. The number of nitrogens with one attached hydrogen (secondary N) is 2. The van der Waals surface area contributed by atoms with Crippen LogP contribution in [-0.2, 0) is 14.8 Å². The maximum Gasteiger partial charge on any atom is 0.264 e. The molecule has 0 saturated heterocycles. The first kappa shape index (κ1) is 21.9. The number of nitrogens with zero attached hydrogens (tertiary/aromatic N) is 1. The quantitative estimate of drug-likeness (QED) is 0.586. The second kappa shape index (κ2) is 8.68. The van der Waals surface area contributed by atoms with E-state index in [0.717, 1.165) is 4.90 Å². The van der Waals surface area contributed by atoms with Crippen molar-refractivity contribution in [1.29, 1.82) is 0 Å². The number of hydrogen-bond acceptors (Lipinski definition) is 5. The second-order valence-corrected chi connectivity index (χ2v) is 10.6. The highest BCUT2D eigenvalue weighted by molar-refractivity contribution is 8.01. The summed E-state index contributed by atoms with van der Waals surface area (Å²) >= 11 is 1.44. The maximum absolute atomic E-state index is 12.9. The molecule has 3 aromatic carbocycles. The Morgan fingerprint density at radius 2 is 1.72 bits per heavy atom. The maximum atomic E-state index is 12.9. The standard InChI is InChI=1S/C23H21N3O4S2/c1-15-22(27)25-20-14-16(8-13-21(20)31-15)23(28)24-17-9-11-19(12-10-17)32(29,30)26(2)18-6-4-3-5-7-18/h3-15H,1-2H3,(H,24,28)(H,25,27). The molecule has 2 N–H and O–H groups in total. The molecule has 3 aromatic rings. The predicted molar refractivity (Wildman–Crippen MR) is 127 cm³/mol. The van der Waals surface area contributed by atoms with Crippen molar-refractivity contribution in [3.8, 4) is 0 Å². The molecule has 0 fully saturated rings. The highest BCUT2D eigenvalue weighted by Gasteiger charge is 2.24. The number of carbonyl (C=O) groups excluding carboxylic acids is 2. The first-order chi connectivity index (χ1) is 15.3. The van der Waals surface area contributed by atoms with E-state index >= 15 is 0 Å². The van der Waals surface area contributed by atoms with Crippen LogP contribution in [0.1, 0.15) is 17.3 Å². The lowest BCUT2D eigenvalue weighted by molar-refractivity contribution is -0.115. The zero-order chi connectivity index (χ0) is 22.9. The molecule has 1 unspecified atom stereocenters. The Balaban J connectivity index is 1.49. The van der Waals surface area contributed by atoms with Crippen LogP contribution in [0.5, 0.6) is 0 Å². The van der Waals surface area contributed by atoms with Crippen LogP contribution in [0.3, 0.4) is 0 Å². The lowest BCUT2D eigenvalue weighted by Crippen LogP contribution is -2.26. The number of para-hydroxylation sites is 1. The molecule has 0 saturated carbocycles. The van der Waals surface area contributed by atoms with Gasteiger partial charge in [-0.25, -0.2) is 8.42 Å². The van der Waals surface area contributed by atoms with Crippen molar-refractivity contribution in [3.05, 3.63) is 78.4 Å². The van der Waals surface area contributed by atoms with Crippen LogP contribution < -0.4 is 14.9 Å².